The summed E-state index contributed by atoms with van der Waals surface area (Å²) in [5.74, 6) is 0.0475. The summed E-state index contributed by atoms with van der Waals surface area (Å²) in [5.41, 5.74) is 4.68. The van der Waals surface area contributed by atoms with Gasteiger partial charge in [-0.25, -0.2) is 0 Å². The van der Waals surface area contributed by atoms with E-state index in [0.717, 1.165) is 29.7 Å². The molecule has 1 saturated heterocycles. The van der Waals surface area contributed by atoms with Gasteiger partial charge in [0.05, 0.1) is 10.9 Å². The van der Waals surface area contributed by atoms with E-state index in [4.69, 9.17) is 0 Å². The first kappa shape index (κ1) is 18.2. The van der Waals surface area contributed by atoms with Gasteiger partial charge in [0, 0.05) is 36.5 Å². The lowest BCUT2D eigenvalue weighted by atomic mass is 9.98. The van der Waals surface area contributed by atoms with Crippen molar-refractivity contribution in [2.24, 2.45) is 0 Å². The number of aryl methyl sites for hydroxylation is 1. The van der Waals surface area contributed by atoms with E-state index >= 15 is 0 Å². The van der Waals surface area contributed by atoms with Crippen LogP contribution in [0.25, 0.3) is 22.0 Å². The normalized spacial score (nSPS) is 16.5. The average molecular weight is 373 g/mol. The Morgan fingerprint density at radius 1 is 1.36 bits per heavy atom. The lowest BCUT2D eigenvalue weighted by Gasteiger charge is -2.14. The van der Waals surface area contributed by atoms with Crippen molar-refractivity contribution in [1.29, 1.82) is 0 Å². The molecule has 0 radical (unpaired) electrons. The summed E-state index contributed by atoms with van der Waals surface area (Å²) in [4.78, 5) is 34.0. The van der Waals surface area contributed by atoms with Crippen molar-refractivity contribution in [3.05, 3.63) is 76.9 Å². The Bertz CT molecular complexity index is 1120. The van der Waals surface area contributed by atoms with Crippen molar-refractivity contribution in [3.8, 4) is 11.1 Å². The molecule has 1 fully saturated rings. The molecule has 0 aliphatic carbocycles. The number of H-pyrrole nitrogens is 1. The lowest BCUT2D eigenvalue weighted by Crippen LogP contribution is -2.26. The highest BCUT2D eigenvalue weighted by Crippen LogP contribution is 2.29. The van der Waals surface area contributed by atoms with Crippen LogP contribution >= 0.6 is 0 Å². The topological polar surface area (TPSA) is 66.1 Å². The second kappa shape index (κ2) is 7.43. The van der Waals surface area contributed by atoms with E-state index in [1.807, 2.05) is 30.5 Å². The molecule has 1 aromatic carbocycles. The summed E-state index contributed by atoms with van der Waals surface area (Å²) < 4.78 is 0. The number of nitrogens with zero attached hydrogens (tertiary/aromatic N) is 2. The summed E-state index contributed by atoms with van der Waals surface area (Å²) in [7, 11) is 0. The number of hydrogen-bond acceptors (Lipinski definition) is 3. The van der Waals surface area contributed by atoms with E-state index in [2.05, 4.69) is 35.6 Å². The van der Waals surface area contributed by atoms with Gasteiger partial charge >= 0.3 is 0 Å². The number of aromatic amines is 1. The molecule has 3 aromatic rings. The van der Waals surface area contributed by atoms with Crippen LogP contribution in [0, 0.1) is 0 Å². The number of fused-ring (bicyclic) bond motifs is 1. The summed E-state index contributed by atoms with van der Waals surface area (Å²) in [6.45, 7) is 6.93. The average Bonchev–Trinajstić information content (AvgIpc) is 3.23. The summed E-state index contributed by atoms with van der Waals surface area (Å²) in [5, 5.41) is 0.587. The summed E-state index contributed by atoms with van der Waals surface area (Å²) in [6.07, 6.45) is 4.92. The molecule has 1 amide bonds. The van der Waals surface area contributed by atoms with Gasteiger partial charge in [-0.1, -0.05) is 37.8 Å². The molecular weight excluding hydrogens is 350 g/mol. The second-order valence-electron chi connectivity index (χ2n) is 7.20. The van der Waals surface area contributed by atoms with E-state index in [1.54, 1.807) is 4.90 Å². The van der Waals surface area contributed by atoms with Gasteiger partial charge in [-0.3, -0.25) is 14.6 Å². The number of rotatable bonds is 4. The molecule has 1 unspecified atom stereocenters. The lowest BCUT2D eigenvalue weighted by molar-refractivity contribution is -0.125. The SMILES string of the molecule is C=CC(=O)N1CCC(c2cc3ncc(-c4ccccc4CC)cc3c(=O)[nH]2)C1. The first-order chi connectivity index (χ1) is 13.6. The quantitative estimate of drug-likeness (QED) is 0.710. The number of amides is 1. The Balaban J connectivity index is 1.70. The Morgan fingerprint density at radius 3 is 2.96 bits per heavy atom. The second-order valence-corrected chi connectivity index (χ2v) is 7.20. The van der Waals surface area contributed by atoms with Crippen molar-refractivity contribution < 1.29 is 4.79 Å². The number of carbonyl (C=O) groups is 1. The van der Waals surface area contributed by atoms with E-state index in [0.29, 0.717) is 24.0 Å². The Hall–Kier alpha value is -3.21. The first-order valence-corrected chi connectivity index (χ1v) is 9.63. The van der Waals surface area contributed by atoms with Crippen molar-refractivity contribution >= 4 is 16.8 Å². The highest BCUT2D eigenvalue weighted by atomic mass is 16.2. The number of benzene rings is 1. The van der Waals surface area contributed by atoms with Gasteiger partial charge in [0.1, 0.15) is 0 Å². The maximum absolute atomic E-state index is 12.8. The minimum absolute atomic E-state index is 0.0667. The van der Waals surface area contributed by atoms with E-state index in [-0.39, 0.29) is 17.4 Å². The fourth-order valence-corrected chi connectivity index (χ4v) is 3.97. The van der Waals surface area contributed by atoms with Crippen molar-refractivity contribution in [3.63, 3.8) is 0 Å². The van der Waals surface area contributed by atoms with Crippen LogP contribution in [0.3, 0.4) is 0 Å². The minimum Gasteiger partial charge on any atom is -0.338 e. The number of hydrogen-bond donors (Lipinski definition) is 1. The van der Waals surface area contributed by atoms with E-state index in [9.17, 15) is 9.59 Å². The molecule has 4 rings (SSSR count). The maximum Gasteiger partial charge on any atom is 0.257 e. The molecular formula is C23H23N3O2. The molecule has 5 heteroatoms. The van der Waals surface area contributed by atoms with Crippen molar-refractivity contribution in [2.45, 2.75) is 25.7 Å². The molecule has 0 saturated carbocycles. The zero-order valence-electron chi connectivity index (χ0n) is 15.9. The highest BCUT2D eigenvalue weighted by molar-refractivity contribution is 5.87. The smallest absolute Gasteiger partial charge is 0.257 e. The van der Waals surface area contributed by atoms with Gasteiger partial charge in [0.2, 0.25) is 5.91 Å². The number of pyridine rings is 2. The Kier molecular flexibility index (Phi) is 4.82. The van der Waals surface area contributed by atoms with Crippen LogP contribution in [0.1, 0.15) is 30.5 Å². The van der Waals surface area contributed by atoms with Crippen LogP contribution in [0.5, 0.6) is 0 Å². The number of carbonyl (C=O) groups excluding carboxylic acids is 1. The van der Waals surface area contributed by atoms with Crippen LogP contribution in [-0.2, 0) is 11.2 Å². The monoisotopic (exact) mass is 373 g/mol. The fourth-order valence-electron chi connectivity index (χ4n) is 3.97. The fraction of sp³-hybridized carbons (Fsp3) is 0.261. The number of aromatic nitrogens is 2. The summed E-state index contributed by atoms with van der Waals surface area (Å²) >= 11 is 0. The first-order valence-electron chi connectivity index (χ1n) is 9.63. The van der Waals surface area contributed by atoms with Crippen LogP contribution < -0.4 is 5.56 Å². The number of nitrogens with one attached hydrogen (secondary N) is 1. The van der Waals surface area contributed by atoms with Gasteiger partial charge in [-0.2, -0.15) is 0 Å². The minimum atomic E-state index is -0.135. The zero-order chi connectivity index (χ0) is 19.7. The molecule has 0 spiro atoms. The molecule has 142 valence electrons. The third-order valence-electron chi connectivity index (χ3n) is 5.54. The molecule has 1 N–H and O–H groups in total. The number of likely N-dealkylation sites (tertiary alicyclic amines) is 1. The van der Waals surface area contributed by atoms with Gasteiger partial charge in [-0.05, 0) is 42.2 Å². The Labute approximate surface area is 163 Å². The van der Waals surface area contributed by atoms with Gasteiger partial charge in [0.25, 0.3) is 5.56 Å². The predicted molar refractivity (Wildman–Crippen MR) is 111 cm³/mol. The molecule has 1 aliphatic heterocycles. The predicted octanol–water partition coefficient (Wildman–Crippen LogP) is 3.65. The van der Waals surface area contributed by atoms with Crippen LogP contribution in [0.2, 0.25) is 0 Å². The highest BCUT2D eigenvalue weighted by Gasteiger charge is 2.27. The van der Waals surface area contributed by atoms with E-state index in [1.165, 1.54) is 11.6 Å². The van der Waals surface area contributed by atoms with Crippen molar-refractivity contribution in [2.75, 3.05) is 13.1 Å². The molecule has 28 heavy (non-hydrogen) atoms. The maximum atomic E-state index is 12.8. The van der Waals surface area contributed by atoms with Crippen molar-refractivity contribution in [1.82, 2.24) is 14.9 Å². The van der Waals surface area contributed by atoms with Gasteiger partial charge < -0.3 is 9.88 Å². The summed E-state index contributed by atoms with van der Waals surface area (Å²) in [6, 6.07) is 12.1. The molecule has 2 aromatic heterocycles. The standard InChI is InChI=1S/C23H23N3O2/c1-3-15-7-5-6-8-18(15)17-11-19-21(24-13-17)12-20(25-23(19)28)16-9-10-26(14-16)22(27)4-2/h4-8,11-13,16H,2-3,9-10,14H2,1H3,(H,25,28). The van der Waals surface area contributed by atoms with Crippen LogP contribution in [0.15, 0.2) is 60.0 Å². The molecule has 5 nitrogen and oxygen atoms in total. The molecule has 3 heterocycles. The largest absolute Gasteiger partial charge is 0.338 e. The molecule has 1 atom stereocenters. The molecule has 0 bridgehead atoms. The third-order valence-corrected chi connectivity index (χ3v) is 5.54. The zero-order valence-corrected chi connectivity index (χ0v) is 15.9. The molecule has 1 aliphatic rings. The Morgan fingerprint density at radius 2 is 2.18 bits per heavy atom. The third kappa shape index (κ3) is 3.24. The van der Waals surface area contributed by atoms with Crippen LogP contribution in [-0.4, -0.2) is 33.9 Å². The van der Waals surface area contributed by atoms with E-state index < -0.39 is 0 Å². The van der Waals surface area contributed by atoms with Gasteiger partial charge in [-0.15, -0.1) is 0 Å². The van der Waals surface area contributed by atoms with Gasteiger partial charge in [0.15, 0.2) is 0 Å². The van der Waals surface area contributed by atoms with Crippen LogP contribution in [0.4, 0.5) is 0 Å².